The highest BCUT2D eigenvalue weighted by Gasteiger charge is 2.10. The molecular formula is C14H9BrCl2N2OS. The van der Waals surface area contributed by atoms with Gasteiger partial charge in [0.25, 0.3) is 5.91 Å². The largest absolute Gasteiger partial charge is 0.331 e. The zero-order chi connectivity index (χ0) is 15.4. The lowest BCUT2D eigenvalue weighted by Crippen LogP contribution is -2.34. The van der Waals surface area contributed by atoms with Gasteiger partial charge in [-0.05, 0) is 48.6 Å². The molecule has 0 heterocycles. The summed E-state index contributed by atoms with van der Waals surface area (Å²) in [5.74, 6) is -0.307. The number of amides is 1. The van der Waals surface area contributed by atoms with Crippen molar-refractivity contribution in [3.63, 3.8) is 0 Å². The highest BCUT2D eigenvalue weighted by atomic mass is 79.9. The number of benzene rings is 2. The molecule has 21 heavy (non-hydrogen) atoms. The molecule has 0 aliphatic heterocycles. The summed E-state index contributed by atoms with van der Waals surface area (Å²) in [6.45, 7) is 0. The summed E-state index contributed by atoms with van der Waals surface area (Å²) in [6, 6.07) is 12.0. The van der Waals surface area contributed by atoms with Crippen molar-refractivity contribution < 1.29 is 4.79 Å². The standard InChI is InChI=1S/C14H9BrCl2N2OS/c15-9-6-4-8(5-7-9)13(20)19-14(21)18-11-3-1-2-10(16)12(11)17/h1-7H,(H2,18,19,20,21). The van der Waals surface area contributed by atoms with E-state index in [1.807, 2.05) is 0 Å². The van der Waals surface area contributed by atoms with Crippen molar-refractivity contribution in [2.24, 2.45) is 0 Å². The third-order valence-electron chi connectivity index (χ3n) is 2.53. The van der Waals surface area contributed by atoms with Crippen LogP contribution in [-0.2, 0) is 0 Å². The highest BCUT2D eigenvalue weighted by Crippen LogP contribution is 2.29. The maximum Gasteiger partial charge on any atom is 0.257 e. The van der Waals surface area contributed by atoms with E-state index in [0.717, 1.165) is 4.47 Å². The molecule has 0 aromatic heterocycles. The maximum absolute atomic E-state index is 12.0. The Bertz CT molecular complexity index is 692. The number of nitrogens with one attached hydrogen (secondary N) is 2. The van der Waals surface area contributed by atoms with E-state index in [9.17, 15) is 4.79 Å². The van der Waals surface area contributed by atoms with Crippen LogP contribution in [0.5, 0.6) is 0 Å². The number of hydrogen-bond acceptors (Lipinski definition) is 2. The van der Waals surface area contributed by atoms with Crippen LogP contribution in [0, 0.1) is 0 Å². The second-order valence-electron chi connectivity index (χ2n) is 4.02. The maximum atomic E-state index is 12.0. The van der Waals surface area contributed by atoms with Crippen LogP contribution >= 0.6 is 51.3 Å². The lowest BCUT2D eigenvalue weighted by atomic mass is 10.2. The first-order valence-electron chi connectivity index (χ1n) is 5.79. The second-order valence-corrected chi connectivity index (χ2v) is 6.13. The van der Waals surface area contributed by atoms with Crippen LogP contribution in [0.2, 0.25) is 10.0 Å². The molecule has 3 nitrogen and oxygen atoms in total. The minimum absolute atomic E-state index is 0.145. The predicted molar refractivity (Wildman–Crippen MR) is 94.3 cm³/mol. The van der Waals surface area contributed by atoms with E-state index in [0.29, 0.717) is 21.3 Å². The van der Waals surface area contributed by atoms with Gasteiger partial charge < -0.3 is 5.32 Å². The van der Waals surface area contributed by atoms with Gasteiger partial charge >= 0.3 is 0 Å². The van der Waals surface area contributed by atoms with E-state index in [4.69, 9.17) is 35.4 Å². The van der Waals surface area contributed by atoms with Gasteiger partial charge in [-0.2, -0.15) is 0 Å². The number of rotatable bonds is 2. The van der Waals surface area contributed by atoms with Crippen molar-refractivity contribution >= 4 is 68.1 Å². The molecule has 0 atom stereocenters. The molecule has 2 N–H and O–H groups in total. The Labute approximate surface area is 145 Å². The fourth-order valence-corrected chi connectivity index (χ4v) is 2.35. The molecule has 2 aromatic rings. The van der Waals surface area contributed by atoms with Gasteiger partial charge in [0.05, 0.1) is 15.7 Å². The summed E-state index contributed by atoms with van der Waals surface area (Å²) in [5.41, 5.74) is 1.03. The fourth-order valence-electron chi connectivity index (χ4n) is 1.53. The molecule has 0 saturated carbocycles. The molecule has 7 heteroatoms. The van der Waals surface area contributed by atoms with Crippen LogP contribution in [0.3, 0.4) is 0 Å². The molecule has 1 amide bonds. The summed E-state index contributed by atoms with van der Waals surface area (Å²) in [7, 11) is 0. The highest BCUT2D eigenvalue weighted by molar-refractivity contribution is 9.10. The van der Waals surface area contributed by atoms with E-state index >= 15 is 0 Å². The first-order valence-corrected chi connectivity index (χ1v) is 7.75. The second kappa shape index (κ2) is 7.22. The van der Waals surface area contributed by atoms with Crippen LogP contribution < -0.4 is 10.6 Å². The molecule has 2 aromatic carbocycles. The van der Waals surface area contributed by atoms with Crippen LogP contribution in [0.15, 0.2) is 46.9 Å². The first kappa shape index (κ1) is 16.2. The van der Waals surface area contributed by atoms with Gasteiger partial charge in [0, 0.05) is 10.0 Å². The quantitative estimate of drug-likeness (QED) is 0.702. The van der Waals surface area contributed by atoms with Crippen LogP contribution in [0.1, 0.15) is 10.4 Å². The van der Waals surface area contributed by atoms with E-state index in [-0.39, 0.29) is 11.0 Å². The first-order chi connectivity index (χ1) is 9.97. The Morgan fingerprint density at radius 1 is 1.10 bits per heavy atom. The van der Waals surface area contributed by atoms with Crippen LogP contribution in [0.25, 0.3) is 0 Å². The van der Waals surface area contributed by atoms with Crippen molar-refractivity contribution in [3.05, 3.63) is 62.5 Å². The van der Waals surface area contributed by atoms with Crippen molar-refractivity contribution in [2.45, 2.75) is 0 Å². The van der Waals surface area contributed by atoms with Crippen molar-refractivity contribution in [2.75, 3.05) is 5.32 Å². The molecule has 2 rings (SSSR count). The van der Waals surface area contributed by atoms with Crippen LogP contribution in [-0.4, -0.2) is 11.0 Å². The lowest BCUT2D eigenvalue weighted by molar-refractivity contribution is 0.0977. The normalized spacial score (nSPS) is 10.0. The van der Waals surface area contributed by atoms with Crippen LogP contribution in [0.4, 0.5) is 5.69 Å². The predicted octanol–water partition coefficient (Wildman–Crippen LogP) is 4.88. The zero-order valence-corrected chi connectivity index (χ0v) is 14.4. The van der Waals surface area contributed by atoms with Gasteiger partial charge in [0.1, 0.15) is 0 Å². The number of hydrogen-bond donors (Lipinski definition) is 2. The Morgan fingerprint density at radius 3 is 2.43 bits per heavy atom. The number of carbonyl (C=O) groups is 1. The molecule has 0 radical (unpaired) electrons. The van der Waals surface area contributed by atoms with E-state index < -0.39 is 0 Å². The third-order valence-corrected chi connectivity index (χ3v) is 4.08. The van der Waals surface area contributed by atoms with Crippen molar-refractivity contribution in [1.82, 2.24) is 5.32 Å². The molecule has 0 aliphatic carbocycles. The Balaban J connectivity index is 2.03. The number of carbonyl (C=O) groups excluding carboxylic acids is 1. The SMILES string of the molecule is O=C(NC(=S)Nc1cccc(Cl)c1Cl)c1ccc(Br)cc1. The summed E-state index contributed by atoms with van der Waals surface area (Å²) >= 11 is 20.3. The number of halogens is 3. The Hall–Kier alpha value is -1.14. The summed E-state index contributed by atoms with van der Waals surface area (Å²) in [5, 5.41) is 6.31. The number of anilines is 1. The van der Waals surface area contributed by atoms with E-state index in [2.05, 4.69) is 26.6 Å². The van der Waals surface area contributed by atoms with Gasteiger partial charge in [-0.25, -0.2) is 0 Å². The minimum Gasteiger partial charge on any atom is -0.331 e. The zero-order valence-electron chi connectivity index (χ0n) is 10.5. The molecule has 0 saturated heterocycles. The number of thiocarbonyl (C=S) groups is 1. The molecule has 108 valence electrons. The molecule has 0 aliphatic rings. The van der Waals surface area contributed by atoms with Crippen molar-refractivity contribution in [1.29, 1.82) is 0 Å². The topological polar surface area (TPSA) is 41.1 Å². The van der Waals surface area contributed by atoms with Gasteiger partial charge in [-0.3, -0.25) is 10.1 Å². The molecule has 0 spiro atoms. The monoisotopic (exact) mass is 402 g/mol. The summed E-state index contributed by atoms with van der Waals surface area (Å²) in [6.07, 6.45) is 0. The molecule has 0 fully saturated rings. The average molecular weight is 404 g/mol. The average Bonchev–Trinajstić information content (AvgIpc) is 2.44. The minimum atomic E-state index is -0.307. The Morgan fingerprint density at radius 2 is 1.76 bits per heavy atom. The smallest absolute Gasteiger partial charge is 0.257 e. The van der Waals surface area contributed by atoms with Gasteiger partial charge in [0.15, 0.2) is 5.11 Å². The van der Waals surface area contributed by atoms with Gasteiger partial charge in [-0.1, -0.05) is 45.2 Å². The van der Waals surface area contributed by atoms with Crippen molar-refractivity contribution in [3.8, 4) is 0 Å². The fraction of sp³-hybridized carbons (Fsp3) is 0. The molecule has 0 bridgehead atoms. The lowest BCUT2D eigenvalue weighted by Gasteiger charge is -2.11. The van der Waals surface area contributed by atoms with E-state index in [1.165, 1.54) is 0 Å². The van der Waals surface area contributed by atoms with Gasteiger partial charge in [-0.15, -0.1) is 0 Å². The summed E-state index contributed by atoms with van der Waals surface area (Å²) < 4.78 is 0.894. The Kier molecular flexibility index (Phi) is 5.58. The third kappa shape index (κ3) is 4.41. The summed E-state index contributed by atoms with van der Waals surface area (Å²) in [4.78, 5) is 12.0. The van der Waals surface area contributed by atoms with E-state index in [1.54, 1.807) is 42.5 Å². The molecule has 0 unspecified atom stereocenters. The molecular weight excluding hydrogens is 395 g/mol. The van der Waals surface area contributed by atoms with Gasteiger partial charge in [0.2, 0.25) is 0 Å².